The van der Waals surface area contributed by atoms with Crippen LogP contribution in [-0.2, 0) is 9.59 Å². The molecule has 4 heteroatoms. The molecule has 0 heterocycles. The molecule has 1 rings (SSSR count). The summed E-state index contributed by atoms with van der Waals surface area (Å²) in [5.41, 5.74) is 1.22. The Kier molecular flexibility index (Phi) is 4.46. The number of rotatable bonds is 3. The van der Waals surface area contributed by atoms with Crippen molar-refractivity contribution in [3.8, 4) is 5.75 Å². The van der Waals surface area contributed by atoms with Gasteiger partial charge < -0.3 is 10.1 Å². The maximum absolute atomic E-state index is 11.4. The molecule has 1 amide bonds. The standard InChI is InChI=1S/C13H15NO3/c1-4-9(2)13(16)17-12-7-5-11(6-8-12)14-10(3)15/h4-8H,1-3H3,(H,14,15). The Morgan fingerprint density at radius 1 is 1.18 bits per heavy atom. The van der Waals surface area contributed by atoms with E-state index in [1.807, 2.05) is 0 Å². The quantitative estimate of drug-likeness (QED) is 0.496. The van der Waals surface area contributed by atoms with E-state index in [0.29, 0.717) is 17.0 Å². The van der Waals surface area contributed by atoms with Crippen molar-refractivity contribution in [1.82, 2.24) is 0 Å². The molecule has 0 spiro atoms. The molecular weight excluding hydrogens is 218 g/mol. The predicted octanol–water partition coefficient (Wildman–Crippen LogP) is 2.52. The zero-order chi connectivity index (χ0) is 12.8. The van der Waals surface area contributed by atoms with Crippen molar-refractivity contribution in [3.05, 3.63) is 35.9 Å². The molecule has 0 atom stereocenters. The molecule has 0 aliphatic rings. The highest BCUT2D eigenvalue weighted by Crippen LogP contribution is 2.16. The fraction of sp³-hybridized carbons (Fsp3) is 0.231. The SMILES string of the molecule is CC=C(C)C(=O)Oc1ccc(NC(C)=O)cc1. The van der Waals surface area contributed by atoms with Crippen LogP contribution >= 0.6 is 0 Å². The lowest BCUT2D eigenvalue weighted by Gasteiger charge is -2.05. The van der Waals surface area contributed by atoms with E-state index in [4.69, 9.17) is 4.74 Å². The van der Waals surface area contributed by atoms with E-state index in [1.54, 1.807) is 44.2 Å². The Bertz CT molecular complexity index is 446. The Morgan fingerprint density at radius 3 is 2.24 bits per heavy atom. The fourth-order valence-electron chi connectivity index (χ4n) is 1.11. The minimum Gasteiger partial charge on any atom is -0.423 e. The van der Waals surface area contributed by atoms with Crippen molar-refractivity contribution in [2.24, 2.45) is 0 Å². The van der Waals surface area contributed by atoms with Crippen LogP contribution in [0.25, 0.3) is 0 Å². The number of nitrogens with one attached hydrogen (secondary N) is 1. The highest BCUT2D eigenvalue weighted by Gasteiger charge is 2.06. The van der Waals surface area contributed by atoms with Crippen molar-refractivity contribution in [2.75, 3.05) is 5.32 Å². The molecule has 0 aliphatic carbocycles. The van der Waals surface area contributed by atoms with Gasteiger partial charge in [-0.1, -0.05) is 6.08 Å². The van der Waals surface area contributed by atoms with Crippen LogP contribution in [0.3, 0.4) is 0 Å². The van der Waals surface area contributed by atoms with Crippen LogP contribution < -0.4 is 10.1 Å². The first kappa shape index (κ1) is 13.0. The molecule has 1 N–H and O–H groups in total. The lowest BCUT2D eigenvalue weighted by molar-refractivity contribution is -0.130. The second-order valence-electron chi connectivity index (χ2n) is 3.57. The summed E-state index contributed by atoms with van der Waals surface area (Å²) in [4.78, 5) is 22.2. The summed E-state index contributed by atoms with van der Waals surface area (Å²) in [6.45, 7) is 4.90. The second kappa shape index (κ2) is 5.84. The number of allylic oxidation sites excluding steroid dienone is 1. The van der Waals surface area contributed by atoms with Gasteiger partial charge in [-0.25, -0.2) is 4.79 Å². The van der Waals surface area contributed by atoms with Crippen LogP contribution in [0.5, 0.6) is 5.75 Å². The van der Waals surface area contributed by atoms with E-state index in [1.165, 1.54) is 6.92 Å². The second-order valence-corrected chi connectivity index (χ2v) is 3.57. The third kappa shape index (κ3) is 4.10. The molecule has 1 aromatic rings. The van der Waals surface area contributed by atoms with Gasteiger partial charge in [-0.3, -0.25) is 4.79 Å². The summed E-state index contributed by atoms with van der Waals surface area (Å²) < 4.78 is 5.11. The third-order valence-corrected chi connectivity index (χ3v) is 2.14. The Morgan fingerprint density at radius 2 is 1.76 bits per heavy atom. The highest BCUT2D eigenvalue weighted by molar-refractivity contribution is 5.90. The average molecular weight is 233 g/mol. The maximum atomic E-state index is 11.4. The molecule has 0 saturated heterocycles. The molecular formula is C13H15NO3. The van der Waals surface area contributed by atoms with Crippen molar-refractivity contribution < 1.29 is 14.3 Å². The first-order valence-electron chi connectivity index (χ1n) is 5.25. The van der Waals surface area contributed by atoms with E-state index in [0.717, 1.165) is 0 Å². The minimum absolute atomic E-state index is 0.139. The maximum Gasteiger partial charge on any atom is 0.338 e. The van der Waals surface area contributed by atoms with Crippen LogP contribution in [0, 0.1) is 0 Å². The van der Waals surface area contributed by atoms with Gasteiger partial charge in [-0.2, -0.15) is 0 Å². The number of hydrogen-bond donors (Lipinski definition) is 1. The van der Waals surface area contributed by atoms with Crippen molar-refractivity contribution >= 4 is 17.6 Å². The molecule has 4 nitrogen and oxygen atoms in total. The van der Waals surface area contributed by atoms with Gasteiger partial charge in [0, 0.05) is 18.2 Å². The molecule has 0 radical (unpaired) electrons. The summed E-state index contributed by atoms with van der Waals surface area (Å²) in [7, 11) is 0. The summed E-state index contributed by atoms with van der Waals surface area (Å²) in [6.07, 6.45) is 1.69. The number of amides is 1. The first-order valence-corrected chi connectivity index (χ1v) is 5.25. The predicted molar refractivity (Wildman–Crippen MR) is 65.8 cm³/mol. The summed E-state index contributed by atoms with van der Waals surface area (Å²) >= 11 is 0. The van der Waals surface area contributed by atoms with E-state index < -0.39 is 0 Å². The van der Waals surface area contributed by atoms with Gasteiger partial charge in [0.15, 0.2) is 0 Å². The summed E-state index contributed by atoms with van der Waals surface area (Å²) in [5, 5.41) is 2.63. The number of hydrogen-bond acceptors (Lipinski definition) is 3. The Hall–Kier alpha value is -2.10. The van der Waals surface area contributed by atoms with Crippen molar-refractivity contribution in [2.45, 2.75) is 20.8 Å². The van der Waals surface area contributed by atoms with Gasteiger partial charge in [0.25, 0.3) is 0 Å². The summed E-state index contributed by atoms with van der Waals surface area (Å²) in [5.74, 6) is -0.0652. The van der Waals surface area contributed by atoms with Crippen molar-refractivity contribution in [3.63, 3.8) is 0 Å². The van der Waals surface area contributed by atoms with E-state index in [-0.39, 0.29) is 11.9 Å². The fourth-order valence-corrected chi connectivity index (χ4v) is 1.11. The number of ether oxygens (including phenoxy) is 1. The molecule has 17 heavy (non-hydrogen) atoms. The van der Waals surface area contributed by atoms with Gasteiger partial charge in [-0.15, -0.1) is 0 Å². The number of anilines is 1. The topological polar surface area (TPSA) is 55.4 Å². The number of carbonyl (C=O) groups excluding carboxylic acids is 2. The van der Waals surface area contributed by atoms with E-state index in [2.05, 4.69) is 5.32 Å². The average Bonchev–Trinajstić information content (AvgIpc) is 2.30. The normalized spacial score (nSPS) is 10.9. The third-order valence-electron chi connectivity index (χ3n) is 2.14. The van der Waals surface area contributed by atoms with Gasteiger partial charge in [0.2, 0.25) is 5.91 Å². The van der Waals surface area contributed by atoms with Gasteiger partial charge in [0.05, 0.1) is 0 Å². The zero-order valence-corrected chi connectivity index (χ0v) is 10.1. The van der Waals surface area contributed by atoms with Crippen LogP contribution in [-0.4, -0.2) is 11.9 Å². The number of esters is 1. The van der Waals surface area contributed by atoms with E-state index >= 15 is 0 Å². The monoisotopic (exact) mass is 233 g/mol. The van der Waals surface area contributed by atoms with Gasteiger partial charge in [-0.05, 0) is 38.1 Å². The molecule has 0 bridgehead atoms. The molecule has 90 valence electrons. The van der Waals surface area contributed by atoms with Crippen LogP contribution in [0.15, 0.2) is 35.9 Å². The molecule has 1 aromatic carbocycles. The Labute approximate surface area is 100 Å². The molecule has 0 fully saturated rings. The zero-order valence-electron chi connectivity index (χ0n) is 10.1. The first-order chi connectivity index (χ1) is 8.02. The molecule has 0 aliphatic heterocycles. The molecule has 0 unspecified atom stereocenters. The lowest BCUT2D eigenvalue weighted by atomic mass is 10.3. The highest BCUT2D eigenvalue weighted by atomic mass is 16.5. The van der Waals surface area contributed by atoms with Gasteiger partial charge in [0.1, 0.15) is 5.75 Å². The number of benzene rings is 1. The smallest absolute Gasteiger partial charge is 0.338 e. The van der Waals surface area contributed by atoms with E-state index in [9.17, 15) is 9.59 Å². The largest absolute Gasteiger partial charge is 0.423 e. The van der Waals surface area contributed by atoms with Crippen LogP contribution in [0.1, 0.15) is 20.8 Å². The van der Waals surface area contributed by atoms with Gasteiger partial charge >= 0.3 is 5.97 Å². The Balaban J connectivity index is 2.69. The van der Waals surface area contributed by atoms with Crippen molar-refractivity contribution in [1.29, 1.82) is 0 Å². The minimum atomic E-state index is -0.375. The summed E-state index contributed by atoms with van der Waals surface area (Å²) in [6, 6.07) is 6.61. The molecule has 0 saturated carbocycles. The van der Waals surface area contributed by atoms with Crippen LogP contribution in [0.4, 0.5) is 5.69 Å². The lowest BCUT2D eigenvalue weighted by Crippen LogP contribution is -2.09. The molecule has 0 aromatic heterocycles. The van der Waals surface area contributed by atoms with Crippen LogP contribution in [0.2, 0.25) is 0 Å². The number of carbonyl (C=O) groups is 2.